The highest BCUT2D eigenvalue weighted by Gasteiger charge is 2.21. The van der Waals surface area contributed by atoms with Gasteiger partial charge in [-0.25, -0.2) is 0 Å². The highest BCUT2D eigenvalue weighted by molar-refractivity contribution is 5.74. The van der Waals surface area contributed by atoms with Gasteiger partial charge in [0.1, 0.15) is 5.75 Å². The Kier molecular flexibility index (Phi) is 5.01. The van der Waals surface area contributed by atoms with Gasteiger partial charge in [-0.15, -0.1) is 0 Å². The molecule has 1 aromatic carbocycles. The third-order valence-corrected chi connectivity index (χ3v) is 3.97. The van der Waals surface area contributed by atoms with Crippen LogP contribution >= 0.6 is 0 Å². The number of benzene rings is 1. The van der Waals surface area contributed by atoms with Gasteiger partial charge in [0, 0.05) is 19.5 Å². The number of carbonyl (C=O) groups is 1. The number of nitrogens with zero attached hydrogens (tertiary/aromatic N) is 1. The molecule has 0 spiro atoms. The van der Waals surface area contributed by atoms with Gasteiger partial charge in [0.05, 0.1) is 7.11 Å². The molecule has 20 heavy (non-hydrogen) atoms. The molecule has 4 nitrogen and oxygen atoms in total. The standard InChI is InChI=1S/C16H24N2O2/c1-12-5-6-14(8-15(12)20-2)11-18-7-3-4-13(10-18)9-16(17)19/h5-6,8,13H,3-4,7,9-11H2,1-2H3,(H2,17,19)/t13-/m1/s1. The van der Waals surface area contributed by atoms with Crippen molar-refractivity contribution in [1.29, 1.82) is 0 Å². The monoisotopic (exact) mass is 276 g/mol. The summed E-state index contributed by atoms with van der Waals surface area (Å²) >= 11 is 0. The molecule has 0 bridgehead atoms. The second-order valence-electron chi connectivity index (χ2n) is 5.72. The van der Waals surface area contributed by atoms with Crippen LogP contribution in [-0.4, -0.2) is 31.0 Å². The minimum absolute atomic E-state index is 0.186. The molecule has 0 radical (unpaired) electrons. The zero-order valence-corrected chi connectivity index (χ0v) is 12.4. The summed E-state index contributed by atoms with van der Waals surface area (Å²) in [7, 11) is 1.70. The Balaban J connectivity index is 1.97. The fourth-order valence-corrected chi connectivity index (χ4v) is 2.97. The van der Waals surface area contributed by atoms with Crippen molar-refractivity contribution in [2.75, 3.05) is 20.2 Å². The maximum atomic E-state index is 11.0. The van der Waals surface area contributed by atoms with E-state index < -0.39 is 0 Å². The van der Waals surface area contributed by atoms with E-state index in [9.17, 15) is 4.79 Å². The van der Waals surface area contributed by atoms with E-state index in [1.807, 2.05) is 6.92 Å². The van der Waals surface area contributed by atoms with Crippen molar-refractivity contribution in [2.45, 2.75) is 32.7 Å². The number of primary amides is 1. The van der Waals surface area contributed by atoms with Crippen molar-refractivity contribution >= 4 is 5.91 Å². The summed E-state index contributed by atoms with van der Waals surface area (Å²) < 4.78 is 5.37. The predicted octanol–water partition coefficient (Wildman–Crippen LogP) is 2.09. The van der Waals surface area contributed by atoms with E-state index in [1.54, 1.807) is 7.11 Å². The van der Waals surface area contributed by atoms with Crippen molar-refractivity contribution < 1.29 is 9.53 Å². The highest BCUT2D eigenvalue weighted by Crippen LogP contribution is 2.23. The molecule has 0 aliphatic carbocycles. The average Bonchev–Trinajstić information content (AvgIpc) is 2.40. The van der Waals surface area contributed by atoms with E-state index >= 15 is 0 Å². The normalized spacial score (nSPS) is 19.8. The van der Waals surface area contributed by atoms with Gasteiger partial charge in [0.15, 0.2) is 0 Å². The molecule has 0 aromatic heterocycles. The lowest BCUT2D eigenvalue weighted by atomic mass is 9.94. The van der Waals surface area contributed by atoms with Gasteiger partial charge in [0.25, 0.3) is 0 Å². The molecule has 1 aromatic rings. The molecule has 1 aliphatic rings. The summed E-state index contributed by atoms with van der Waals surface area (Å²) in [6, 6.07) is 6.35. The number of methoxy groups -OCH3 is 1. The van der Waals surface area contributed by atoms with Crippen LogP contribution in [0.2, 0.25) is 0 Å². The number of rotatable bonds is 5. The SMILES string of the molecule is COc1cc(CN2CCC[C@H](CC(N)=O)C2)ccc1C. The van der Waals surface area contributed by atoms with Crippen LogP contribution in [-0.2, 0) is 11.3 Å². The molecule has 1 atom stereocenters. The van der Waals surface area contributed by atoms with Crippen LogP contribution in [0.5, 0.6) is 5.75 Å². The lowest BCUT2D eigenvalue weighted by Crippen LogP contribution is -2.36. The van der Waals surface area contributed by atoms with Crippen molar-refractivity contribution in [3.05, 3.63) is 29.3 Å². The third kappa shape index (κ3) is 3.97. The summed E-state index contributed by atoms with van der Waals surface area (Å²) in [6.07, 6.45) is 2.76. The molecule has 1 fully saturated rings. The van der Waals surface area contributed by atoms with Gasteiger partial charge in [-0.3, -0.25) is 9.69 Å². The van der Waals surface area contributed by atoms with Crippen molar-refractivity contribution in [3.63, 3.8) is 0 Å². The number of likely N-dealkylation sites (tertiary alicyclic amines) is 1. The third-order valence-electron chi connectivity index (χ3n) is 3.97. The Morgan fingerprint density at radius 2 is 2.30 bits per heavy atom. The maximum absolute atomic E-state index is 11.0. The fourth-order valence-electron chi connectivity index (χ4n) is 2.97. The molecule has 4 heteroatoms. The second kappa shape index (κ2) is 6.75. The first kappa shape index (κ1) is 14.9. The number of ether oxygens (including phenoxy) is 1. The van der Waals surface area contributed by atoms with Gasteiger partial charge in [-0.05, 0) is 49.4 Å². The predicted molar refractivity (Wildman–Crippen MR) is 79.5 cm³/mol. The van der Waals surface area contributed by atoms with Gasteiger partial charge in [-0.1, -0.05) is 12.1 Å². The Morgan fingerprint density at radius 1 is 1.50 bits per heavy atom. The van der Waals surface area contributed by atoms with E-state index in [0.29, 0.717) is 12.3 Å². The molecule has 1 saturated heterocycles. The number of nitrogens with two attached hydrogens (primary N) is 1. The molecular weight excluding hydrogens is 252 g/mol. The summed E-state index contributed by atoms with van der Waals surface area (Å²) in [6.45, 7) is 5.00. The number of piperidine rings is 1. The summed E-state index contributed by atoms with van der Waals surface area (Å²) in [5.74, 6) is 1.16. The van der Waals surface area contributed by atoms with Crippen LogP contribution in [0.15, 0.2) is 18.2 Å². The second-order valence-corrected chi connectivity index (χ2v) is 5.72. The Labute approximate surface area is 120 Å². The Bertz CT molecular complexity index is 474. The molecule has 110 valence electrons. The van der Waals surface area contributed by atoms with E-state index in [0.717, 1.165) is 43.8 Å². The molecule has 1 heterocycles. The molecule has 2 rings (SSSR count). The maximum Gasteiger partial charge on any atom is 0.217 e. The van der Waals surface area contributed by atoms with Gasteiger partial charge in [0.2, 0.25) is 5.91 Å². The van der Waals surface area contributed by atoms with Gasteiger partial charge in [-0.2, -0.15) is 0 Å². The minimum atomic E-state index is -0.186. The molecule has 1 amide bonds. The molecule has 0 saturated carbocycles. The lowest BCUT2D eigenvalue weighted by Gasteiger charge is -2.32. The topological polar surface area (TPSA) is 55.6 Å². The van der Waals surface area contributed by atoms with Crippen LogP contribution in [0.3, 0.4) is 0 Å². The van der Waals surface area contributed by atoms with Gasteiger partial charge < -0.3 is 10.5 Å². The van der Waals surface area contributed by atoms with E-state index in [1.165, 1.54) is 5.56 Å². The number of aryl methyl sites for hydroxylation is 1. The van der Waals surface area contributed by atoms with E-state index in [2.05, 4.69) is 23.1 Å². The van der Waals surface area contributed by atoms with Crippen molar-refractivity contribution in [3.8, 4) is 5.75 Å². The fraction of sp³-hybridized carbons (Fsp3) is 0.562. The Hall–Kier alpha value is -1.55. The van der Waals surface area contributed by atoms with Crippen LogP contribution < -0.4 is 10.5 Å². The summed E-state index contributed by atoms with van der Waals surface area (Å²) in [4.78, 5) is 13.4. The first-order valence-corrected chi connectivity index (χ1v) is 7.22. The summed E-state index contributed by atoms with van der Waals surface area (Å²) in [5.41, 5.74) is 7.71. The lowest BCUT2D eigenvalue weighted by molar-refractivity contribution is -0.119. The highest BCUT2D eigenvalue weighted by atomic mass is 16.5. The largest absolute Gasteiger partial charge is 0.496 e. The molecular formula is C16H24N2O2. The Morgan fingerprint density at radius 3 is 3.00 bits per heavy atom. The minimum Gasteiger partial charge on any atom is -0.496 e. The first-order chi connectivity index (χ1) is 9.58. The zero-order valence-electron chi connectivity index (χ0n) is 12.4. The first-order valence-electron chi connectivity index (χ1n) is 7.22. The van der Waals surface area contributed by atoms with E-state index in [-0.39, 0.29) is 5.91 Å². The average molecular weight is 276 g/mol. The van der Waals surface area contributed by atoms with Crippen LogP contribution in [0, 0.1) is 12.8 Å². The summed E-state index contributed by atoms with van der Waals surface area (Å²) in [5, 5.41) is 0. The van der Waals surface area contributed by atoms with Crippen LogP contribution in [0.25, 0.3) is 0 Å². The number of hydrogen-bond donors (Lipinski definition) is 1. The van der Waals surface area contributed by atoms with Crippen molar-refractivity contribution in [1.82, 2.24) is 4.90 Å². The molecule has 1 aliphatic heterocycles. The smallest absolute Gasteiger partial charge is 0.217 e. The number of hydrogen-bond acceptors (Lipinski definition) is 3. The van der Waals surface area contributed by atoms with Crippen LogP contribution in [0.1, 0.15) is 30.4 Å². The van der Waals surface area contributed by atoms with Crippen LogP contribution in [0.4, 0.5) is 0 Å². The van der Waals surface area contributed by atoms with Crippen molar-refractivity contribution in [2.24, 2.45) is 11.7 Å². The molecule has 0 unspecified atom stereocenters. The zero-order chi connectivity index (χ0) is 14.5. The molecule has 2 N–H and O–H groups in total. The van der Waals surface area contributed by atoms with Gasteiger partial charge >= 0.3 is 0 Å². The number of amides is 1. The quantitative estimate of drug-likeness (QED) is 0.896. The number of carbonyl (C=O) groups excluding carboxylic acids is 1. The van der Waals surface area contributed by atoms with E-state index in [4.69, 9.17) is 10.5 Å².